The number of nitrogens with one attached hydrogen (secondary N) is 1. The molecular weight excluding hydrogens is 313 g/mol. The number of benzene rings is 2. The molecule has 0 radical (unpaired) electrons. The number of rotatable bonds is 2. The minimum Gasteiger partial charge on any atom is -0.318 e. The minimum atomic E-state index is -4.91. The molecule has 1 aromatic heterocycles. The lowest BCUT2D eigenvalue weighted by atomic mass is 10.2. The van der Waals surface area contributed by atoms with Gasteiger partial charge >= 0.3 is 12.1 Å². The number of thiazole rings is 1. The molecule has 0 atom stereocenters. The van der Waals surface area contributed by atoms with Crippen molar-refractivity contribution in [2.24, 2.45) is 0 Å². The van der Waals surface area contributed by atoms with Crippen molar-refractivity contribution in [1.29, 1.82) is 0 Å². The Kier molecular flexibility index (Phi) is 3.58. The van der Waals surface area contributed by atoms with Gasteiger partial charge in [-0.2, -0.15) is 13.2 Å². The van der Waals surface area contributed by atoms with Crippen molar-refractivity contribution in [3.05, 3.63) is 48.5 Å². The minimum absolute atomic E-state index is 0.0825. The standard InChI is InChI=1S/C15H9F3N2OS/c16-15(17,18)14(21)19-10-5-3-4-9(8-10)13-20-11-6-1-2-7-12(11)22-13/h1-8H,(H,19,21). The van der Waals surface area contributed by atoms with Crippen LogP contribution in [0.15, 0.2) is 48.5 Å². The summed E-state index contributed by atoms with van der Waals surface area (Å²) in [4.78, 5) is 15.4. The topological polar surface area (TPSA) is 42.0 Å². The summed E-state index contributed by atoms with van der Waals surface area (Å²) in [5.74, 6) is -1.99. The fourth-order valence-corrected chi connectivity index (χ4v) is 2.89. The van der Waals surface area contributed by atoms with Gasteiger partial charge < -0.3 is 5.32 Å². The van der Waals surface area contributed by atoms with E-state index in [0.29, 0.717) is 10.6 Å². The lowest BCUT2D eigenvalue weighted by molar-refractivity contribution is -0.167. The van der Waals surface area contributed by atoms with Gasteiger partial charge in [0.25, 0.3) is 0 Å². The quantitative estimate of drug-likeness (QED) is 0.756. The molecule has 3 aromatic rings. The number of hydrogen-bond acceptors (Lipinski definition) is 3. The van der Waals surface area contributed by atoms with Crippen LogP contribution in [-0.2, 0) is 4.79 Å². The van der Waals surface area contributed by atoms with Crippen molar-refractivity contribution in [2.45, 2.75) is 6.18 Å². The predicted octanol–water partition coefficient (Wildman–Crippen LogP) is 4.46. The number of amides is 1. The lowest BCUT2D eigenvalue weighted by Gasteiger charge is -2.08. The Morgan fingerprint density at radius 3 is 2.59 bits per heavy atom. The van der Waals surface area contributed by atoms with E-state index >= 15 is 0 Å². The number of nitrogens with zero attached hydrogens (tertiary/aromatic N) is 1. The summed E-state index contributed by atoms with van der Waals surface area (Å²) in [7, 11) is 0. The molecule has 22 heavy (non-hydrogen) atoms. The lowest BCUT2D eigenvalue weighted by Crippen LogP contribution is -2.29. The first kappa shape index (κ1) is 14.5. The van der Waals surface area contributed by atoms with Gasteiger partial charge in [0.15, 0.2) is 0 Å². The second-order valence-electron chi connectivity index (χ2n) is 4.52. The van der Waals surface area contributed by atoms with Crippen LogP contribution >= 0.6 is 11.3 Å². The van der Waals surface area contributed by atoms with Crippen LogP contribution in [0.2, 0.25) is 0 Å². The number of carbonyl (C=O) groups is 1. The maximum Gasteiger partial charge on any atom is 0.471 e. The Balaban J connectivity index is 1.92. The zero-order valence-electron chi connectivity index (χ0n) is 11.0. The summed E-state index contributed by atoms with van der Waals surface area (Å²) in [5.41, 5.74) is 1.56. The van der Waals surface area contributed by atoms with Crippen molar-refractivity contribution in [3.63, 3.8) is 0 Å². The molecule has 0 aliphatic carbocycles. The van der Waals surface area contributed by atoms with Crippen LogP contribution in [0.3, 0.4) is 0 Å². The van der Waals surface area contributed by atoms with Crippen molar-refractivity contribution in [2.75, 3.05) is 5.32 Å². The van der Waals surface area contributed by atoms with E-state index in [0.717, 1.165) is 10.2 Å². The van der Waals surface area contributed by atoms with Gasteiger partial charge in [-0.25, -0.2) is 4.98 Å². The molecule has 3 rings (SSSR count). The Labute approximate surface area is 127 Å². The van der Waals surface area contributed by atoms with Gasteiger partial charge in [-0.15, -0.1) is 11.3 Å². The molecule has 112 valence electrons. The van der Waals surface area contributed by atoms with Gasteiger partial charge in [0.1, 0.15) is 5.01 Å². The van der Waals surface area contributed by atoms with Crippen LogP contribution in [-0.4, -0.2) is 17.1 Å². The van der Waals surface area contributed by atoms with Gasteiger partial charge in [-0.1, -0.05) is 24.3 Å². The third-order valence-electron chi connectivity index (χ3n) is 2.92. The zero-order chi connectivity index (χ0) is 15.7. The van der Waals surface area contributed by atoms with Crippen LogP contribution in [0.25, 0.3) is 20.8 Å². The molecule has 0 saturated heterocycles. The van der Waals surface area contributed by atoms with Gasteiger partial charge in [0.05, 0.1) is 10.2 Å². The summed E-state index contributed by atoms with van der Waals surface area (Å²) in [5, 5.41) is 2.52. The predicted molar refractivity (Wildman–Crippen MR) is 79.7 cm³/mol. The molecule has 1 N–H and O–H groups in total. The Morgan fingerprint density at radius 2 is 1.86 bits per heavy atom. The summed E-state index contributed by atoms with van der Waals surface area (Å²) < 4.78 is 37.8. The van der Waals surface area contributed by atoms with E-state index < -0.39 is 12.1 Å². The number of aromatic nitrogens is 1. The number of hydrogen-bond donors (Lipinski definition) is 1. The maximum absolute atomic E-state index is 12.3. The molecule has 0 aliphatic heterocycles. The fraction of sp³-hybridized carbons (Fsp3) is 0.0667. The normalized spacial score (nSPS) is 11.6. The number of alkyl halides is 3. The highest BCUT2D eigenvalue weighted by Gasteiger charge is 2.38. The van der Waals surface area contributed by atoms with E-state index in [2.05, 4.69) is 4.98 Å². The number of para-hydroxylation sites is 1. The maximum atomic E-state index is 12.3. The third-order valence-corrected chi connectivity index (χ3v) is 4.00. The van der Waals surface area contributed by atoms with E-state index in [1.54, 1.807) is 12.1 Å². The molecule has 2 aromatic carbocycles. The van der Waals surface area contributed by atoms with Crippen molar-refractivity contribution in [1.82, 2.24) is 4.98 Å². The van der Waals surface area contributed by atoms with Crippen LogP contribution in [0, 0.1) is 0 Å². The summed E-state index contributed by atoms with van der Waals surface area (Å²) in [6.45, 7) is 0. The largest absolute Gasteiger partial charge is 0.471 e. The van der Waals surface area contributed by atoms with E-state index in [1.165, 1.54) is 23.5 Å². The van der Waals surface area contributed by atoms with Gasteiger partial charge in [-0.05, 0) is 24.3 Å². The number of anilines is 1. The second kappa shape index (κ2) is 5.42. The molecule has 0 bridgehead atoms. The molecule has 0 fully saturated rings. The Hall–Kier alpha value is -2.41. The first-order chi connectivity index (χ1) is 10.4. The van der Waals surface area contributed by atoms with Crippen LogP contribution in [0.5, 0.6) is 0 Å². The fourth-order valence-electron chi connectivity index (χ4n) is 1.93. The SMILES string of the molecule is O=C(Nc1cccc(-c2nc3ccccc3s2)c1)C(F)(F)F. The molecule has 0 spiro atoms. The molecular formula is C15H9F3N2OS. The van der Waals surface area contributed by atoms with E-state index in [-0.39, 0.29) is 5.69 Å². The highest BCUT2D eigenvalue weighted by molar-refractivity contribution is 7.21. The van der Waals surface area contributed by atoms with E-state index in [1.807, 2.05) is 29.6 Å². The van der Waals surface area contributed by atoms with Gasteiger partial charge in [0, 0.05) is 11.3 Å². The molecule has 1 heterocycles. The summed E-state index contributed by atoms with van der Waals surface area (Å²) in [6, 6.07) is 13.7. The van der Waals surface area contributed by atoms with Crippen LogP contribution in [0.1, 0.15) is 0 Å². The molecule has 3 nitrogen and oxygen atoms in total. The van der Waals surface area contributed by atoms with Crippen LogP contribution < -0.4 is 5.32 Å². The summed E-state index contributed by atoms with van der Waals surface area (Å²) in [6.07, 6.45) is -4.91. The van der Waals surface area contributed by atoms with E-state index in [4.69, 9.17) is 0 Å². The van der Waals surface area contributed by atoms with E-state index in [9.17, 15) is 18.0 Å². The highest BCUT2D eigenvalue weighted by Crippen LogP contribution is 2.31. The van der Waals surface area contributed by atoms with Gasteiger partial charge in [0.2, 0.25) is 0 Å². The van der Waals surface area contributed by atoms with Crippen molar-refractivity contribution >= 4 is 33.1 Å². The first-order valence-electron chi connectivity index (χ1n) is 6.28. The average molecular weight is 322 g/mol. The Morgan fingerprint density at radius 1 is 1.09 bits per heavy atom. The molecule has 7 heteroatoms. The smallest absolute Gasteiger partial charge is 0.318 e. The zero-order valence-corrected chi connectivity index (χ0v) is 11.8. The highest BCUT2D eigenvalue weighted by atomic mass is 32.1. The first-order valence-corrected chi connectivity index (χ1v) is 7.09. The summed E-state index contributed by atoms with van der Waals surface area (Å²) >= 11 is 1.44. The Bertz CT molecular complexity index is 809. The molecule has 0 unspecified atom stereocenters. The number of carbonyl (C=O) groups excluding carboxylic acids is 1. The molecule has 0 aliphatic rings. The van der Waals surface area contributed by atoms with Crippen molar-refractivity contribution in [3.8, 4) is 10.6 Å². The second-order valence-corrected chi connectivity index (χ2v) is 5.55. The van der Waals surface area contributed by atoms with Gasteiger partial charge in [-0.3, -0.25) is 4.79 Å². The van der Waals surface area contributed by atoms with Crippen molar-refractivity contribution < 1.29 is 18.0 Å². The van der Waals surface area contributed by atoms with Crippen LogP contribution in [0.4, 0.5) is 18.9 Å². The average Bonchev–Trinajstić information content (AvgIpc) is 2.90. The third kappa shape index (κ3) is 2.94. The number of halogens is 3. The number of fused-ring (bicyclic) bond motifs is 1. The monoisotopic (exact) mass is 322 g/mol. The molecule has 1 amide bonds. The molecule has 0 saturated carbocycles.